The van der Waals surface area contributed by atoms with Crippen LogP contribution in [0.4, 0.5) is 4.79 Å². The molecule has 0 saturated carbocycles. The monoisotopic (exact) mass is 165 g/mol. The normalized spacial score (nSPS) is 24.1. The van der Waals surface area contributed by atoms with E-state index < -0.39 is 6.09 Å². The maximum Gasteiger partial charge on any atom is 0.407 e. The Balaban J connectivity index is 0.000000810. The zero-order chi connectivity index (χ0) is 6.85. The smallest absolute Gasteiger partial charge is 0.407 e. The van der Waals surface area contributed by atoms with Crippen LogP contribution in [0.5, 0.6) is 0 Å². The van der Waals surface area contributed by atoms with Crippen molar-refractivity contribution in [3.05, 3.63) is 0 Å². The average molecular weight is 166 g/mol. The fourth-order valence-corrected chi connectivity index (χ4v) is 1.22. The molecule has 3 nitrogen and oxygen atoms in total. The third-order valence-corrected chi connectivity index (χ3v) is 1.80. The lowest BCUT2D eigenvalue weighted by atomic mass is 10.2. The molecule has 1 aliphatic rings. The van der Waals surface area contributed by atoms with E-state index in [-0.39, 0.29) is 18.4 Å². The van der Waals surface area contributed by atoms with Gasteiger partial charge in [-0.05, 0) is 19.8 Å². The Labute approximate surface area is 66.4 Å². The van der Waals surface area contributed by atoms with Gasteiger partial charge in [0.2, 0.25) is 0 Å². The van der Waals surface area contributed by atoms with Crippen molar-refractivity contribution in [2.45, 2.75) is 25.8 Å². The number of carbonyl (C=O) groups is 1. The molecular weight excluding hydrogens is 154 g/mol. The average Bonchev–Trinajstić information content (AvgIpc) is 2.13. The predicted molar refractivity (Wildman–Crippen MR) is 40.7 cm³/mol. The van der Waals surface area contributed by atoms with Crippen LogP contribution in [0.1, 0.15) is 19.8 Å². The van der Waals surface area contributed by atoms with E-state index in [2.05, 4.69) is 0 Å². The SMILES string of the molecule is CC1CCCN1C(=O)O.Cl. The minimum absolute atomic E-state index is 0. The van der Waals surface area contributed by atoms with Crippen LogP contribution in [0.3, 0.4) is 0 Å². The zero-order valence-electron chi connectivity index (χ0n) is 5.91. The third kappa shape index (κ3) is 1.77. The topological polar surface area (TPSA) is 40.5 Å². The number of hydrogen-bond acceptors (Lipinski definition) is 1. The van der Waals surface area contributed by atoms with Crippen LogP contribution in [-0.2, 0) is 0 Å². The highest BCUT2D eigenvalue weighted by atomic mass is 35.5. The summed E-state index contributed by atoms with van der Waals surface area (Å²) in [4.78, 5) is 11.8. The highest BCUT2D eigenvalue weighted by Crippen LogP contribution is 2.15. The Hall–Kier alpha value is -0.440. The molecular formula is C6H12ClNO2. The Kier molecular flexibility index (Phi) is 3.50. The molecule has 1 heterocycles. The van der Waals surface area contributed by atoms with Gasteiger partial charge >= 0.3 is 6.09 Å². The second-order valence-electron chi connectivity index (χ2n) is 2.47. The minimum atomic E-state index is -0.778. The lowest BCUT2D eigenvalue weighted by Crippen LogP contribution is -2.31. The van der Waals surface area contributed by atoms with Gasteiger partial charge in [-0.1, -0.05) is 0 Å². The maximum atomic E-state index is 10.3. The number of rotatable bonds is 0. The van der Waals surface area contributed by atoms with Crippen LogP contribution in [0.2, 0.25) is 0 Å². The highest BCUT2D eigenvalue weighted by molar-refractivity contribution is 5.85. The molecule has 0 aliphatic carbocycles. The fraction of sp³-hybridized carbons (Fsp3) is 0.833. The van der Waals surface area contributed by atoms with Crippen LogP contribution in [-0.4, -0.2) is 28.7 Å². The zero-order valence-corrected chi connectivity index (χ0v) is 6.73. The molecule has 0 bridgehead atoms. The van der Waals surface area contributed by atoms with Crippen LogP contribution < -0.4 is 0 Å². The van der Waals surface area contributed by atoms with Crippen LogP contribution >= 0.6 is 12.4 Å². The van der Waals surface area contributed by atoms with E-state index in [1.54, 1.807) is 0 Å². The van der Waals surface area contributed by atoms with Gasteiger partial charge in [-0.3, -0.25) is 0 Å². The Bertz CT molecular complexity index is 129. The molecule has 10 heavy (non-hydrogen) atoms. The third-order valence-electron chi connectivity index (χ3n) is 1.80. The molecule has 1 amide bonds. The number of nitrogens with zero attached hydrogens (tertiary/aromatic N) is 1. The molecule has 1 saturated heterocycles. The molecule has 1 atom stereocenters. The van der Waals surface area contributed by atoms with Gasteiger partial charge in [0.15, 0.2) is 0 Å². The van der Waals surface area contributed by atoms with Gasteiger partial charge in [-0.2, -0.15) is 0 Å². The number of hydrogen-bond donors (Lipinski definition) is 1. The second-order valence-corrected chi connectivity index (χ2v) is 2.47. The van der Waals surface area contributed by atoms with E-state index in [0.29, 0.717) is 0 Å². The first kappa shape index (κ1) is 9.56. The summed E-state index contributed by atoms with van der Waals surface area (Å²) >= 11 is 0. The molecule has 60 valence electrons. The highest BCUT2D eigenvalue weighted by Gasteiger charge is 2.23. The van der Waals surface area contributed by atoms with Crippen molar-refractivity contribution in [1.82, 2.24) is 4.90 Å². The summed E-state index contributed by atoms with van der Waals surface area (Å²) in [5.41, 5.74) is 0. The number of halogens is 1. The van der Waals surface area contributed by atoms with Crippen molar-refractivity contribution in [2.24, 2.45) is 0 Å². The van der Waals surface area contributed by atoms with Crippen molar-refractivity contribution in [3.63, 3.8) is 0 Å². The largest absolute Gasteiger partial charge is 0.465 e. The van der Waals surface area contributed by atoms with Crippen LogP contribution in [0, 0.1) is 0 Å². The quantitative estimate of drug-likeness (QED) is 0.592. The van der Waals surface area contributed by atoms with E-state index in [1.807, 2.05) is 6.92 Å². The summed E-state index contributed by atoms with van der Waals surface area (Å²) < 4.78 is 0. The van der Waals surface area contributed by atoms with Crippen LogP contribution in [0.15, 0.2) is 0 Å². The molecule has 1 unspecified atom stereocenters. The van der Waals surface area contributed by atoms with Crippen molar-refractivity contribution < 1.29 is 9.90 Å². The molecule has 1 N–H and O–H groups in total. The summed E-state index contributed by atoms with van der Waals surface area (Å²) in [5.74, 6) is 0. The van der Waals surface area contributed by atoms with E-state index in [4.69, 9.17) is 5.11 Å². The molecule has 0 aromatic heterocycles. The molecule has 1 aliphatic heterocycles. The first-order valence-corrected chi connectivity index (χ1v) is 3.21. The van der Waals surface area contributed by atoms with Crippen LogP contribution in [0.25, 0.3) is 0 Å². The first-order valence-electron chi connectivity index (χ1n) is 3.21. The molecule has 1 rings (SSSR count). The molecule has 0 aromatic rings. The van der Waals surface area contributed by atoms with E-state index in [1.165, 1.54) is 4.90 Å². The van der Waals surface area contributed by atoms with Crippen molar-refractivity contribution in [1.29, 1.82) is 0 Å². The van der Waals surface area contributed by atoms with Crippen molar-refractivity contribution >= 4 is 18.5 Å². The Morgan fingerprint density at radius 3 is 2.50 bits per heavy atom. The molecule has 0 radical (unpaired) electrons. The molecule has 0 spiro atoms. The molecule has 4 heteroatoms. The number of amides is 1. The summed E-state index contributed by atoms with van der Waals surface area (Å²) in [7, 11) is 0. The summed E-state index contributed by atoms with van der Waals surface area (Å²) in [6.45, 7) is 2.66. The van der Waals surface area contributed by atoms with E-state index >= 15 is 0 Å². The standard InChI is InChI=1S/C6H11NO2.ClH/c1-5-3-2-4-7(5)6(8)9;/h5H,2-4H2,1H3,(H,8,9);1H. The number of likely N-dealkylation sites (tertiary alicyclic amines) is 1. The van der Waals surface area contributed by atoms with Gasteiger partial charge in [0.25, 0.3) is 0 Å². The minimum Gasteiger partial charge on any atom is -0.465 e. The van der Waals surface area contributed by atoms with Crippen molar-refractivity contribution in [3.8, 4) is 0 Å². The maximum absolute atomic E-state index is 10.3. The second kappa shape index (κ2) is 3.66. The predicted octanol–water partition coefficient (Wildman–Crippen LogP) is 1.57. The van der Waals surface area contributed by atoms with Gasteiger partial charge < -0.3 is 10.0 Å². The van der Waals surface area contributed by atoms with Gasteiger partial charge in [-0.15, -0.1) is 12.4 Å². The van der Waals surface area contributed by atoms with Crippen molar-refractivity contribution in [2.75, 3.05) is 6.54 Å². The lowest BCUT2D eigenvalue weighted by Gasteiger charge is -2.16. The molecule has 1 fully saturated rings. The van der Waals surface area contributed by atoms with Gasteiger partial charge in [-0.25, -0.2) is 4.79 Å². The summed E-state index contributed by atoms with van der Waals surface area (Å²) in [6, 6.07) is 0.238. The Morgan fingerprint density at radius 1 is 1.70 bits per heavy atom. The summed E-state index contributed by atoms with van der Waals surface area (Å²) in [6.07, 6.45) is 1.26. The van der Waals surface area contributed by atoms with Gasteiger partial charge in [0, 0.05) is 12.6 Å². The number of carboxylic acid groups (broad SMARTS) is 1. The van der Waals surface area contributed by atoms with E-state index in [0.717, 1.165) is 19.4 Å². The summed E-state index contributed by atoms with van der Waals surface area (Å²) in [5, 5.41) is 8.51. The van der Waals surface area contributed by atoms with Gasteiger partial charge in [0.05, 0.1) is 0 Å². The Morgan fingerprint density at radius 2 is 2.30 bits per heavy atom. The lowest BCUT2D eigenvalue weighted by molar-refractivity contribution is 0.143. The molecule has 0 aromatic carbocycles. The fourth-order valence-electron chi connectivity index (χ4n) is 1.22. The first-order chi connectivity index (χ1) is 4.22. The van der Waals surface area contributed by atoms with E-state index in [9.17, 15) is 4.79 Å². The van der Waals surface area contributed by atoms with Gasteiger partial charge in [0.1, 0.15) is 0 Å².